The van der Waals surface area contributed by atoms with Gasteiger partial charge in [0.15, 0.2) is 6.61 Å². The van der Waals surface area contributed by atoms with E-state index >= 15 is 0 Å². The van der Waals surface area contributed by atoms with E-state index < -0.39 is 28.5 Å². The number of nitrogens with one attached hydrogen (secondary N) is 1. The van der Waals surface area contributed by atoms with Crippen molar-refractivity contribution >= 4 is 27.6 Å². The number of carbonyl (C=O) groups excluding carboxylic acids is 2. The molecule has 0 atom stereocenters. The predicted octanol–water partition coefficient (Wildman–Crippen LogP) is 2.60. The van der Waals surface area contributed by atoms with Crippen molar-refractivity contribution in [3.63, 3.8) is 0 Å². The molecule has 0 spiro atoms. The highest BCUT2D eigenvalue weighted by molar-refractivity contribution is 7.89. The highest BCUT2D eigenvalue weighted by Crippen LogP contribution is 2.19. The van der Waals surface area contributed by atoms with Gasteiger partial charge in [0.05, 0.1) is 10.5 Å². The summed E-state index contributed by atoms with van der Waals surface area (Å²) in [5.41, 5.74) is 2.35. The molecule has 0 aliphatic carbocycles. The lowest BCUT2D eigenvalue weighted by molar-refractivity contribution is -0.119. The zero-order valence-electron chi connectivity index (χ0n) is 16.4. The monoisotopic (exact) mass is 404 g/mol. The van der Waals surface area contributed by atoms with Crippen molar-refractivity contribution in [1.82, 2.24) is 4.31 Å². The molecule has 0 fully saturated rings. The van der Waals surface area contributed by atoms with E-state index in [1.54, 1.807) is 13.0 Å². The van der Waals surface area contributed by atoms with Crippen LogP contribution in [0.4, 0.5) is 5.69 Å². The lowest BCUT2D eigenvalue weighted by Crippen LogP contribution is -2.23. The van der Waals surface area contributed by atoms with E-state index in [0.717, 1.165) is 16.3 Å². The topological polar surface area (TPSA) is 92.8 Å². The summed E-state index contributed by atoms with van der Waals surface area (Å²) in [6.07, 6.45) is 0.837. The summed E-state index contributed by atoms with van der Waals surface area (Å²) < 4.78 is 30.6. The van der Waals surface area contributed by atoms with Crippen LogP contribution in [0, 0.1) is 6.92 Å². The normalized spacial score (nSPS) is 11.3. The van der Waals surface area contributed by atoms with Crippen LogP contribution < -0.4 is 5.32 Å². The summed E-state index contributed by atoms with van der Waals surface area (Å²) in [5.74, 6) is -1.23. The van der Waals surface area contributed by atoms with Crippen molar-refractivity contribution in [3.8, 4) is 0 Å². The van der Waals surface area contributed by atoms with Crippen LogP contribution in [0.1, 0.15) is 28.4 Å². The van der Waals surface area contributed by atoms with Crippen LogP contribution in [0.2, 0.25) is 0 Å². The maximum absolute atomic E-state index is 12.4. The van der Waals surface area contributed by atoms with E-state index in [2.05, 4.69) is 5.32 Å². The summed E-state index contributed by atoms with van der Waals surface area (Å²) in [6, 6.07) is 11.6. The fraction of sp³-hybridized carbons (Fsp3) is 0.300. The molecule has 2 rings (SSSR count). The highest BCUT2D eigenvalue weighted by atomic mass is 32.2. The average Bonchev–Trinajstić information content (AvgIpc) is 2.66. The van der Waals surface area contributed by atoms with Gasteiger partial charge in [0.1, 0.15) is 0 Å². The van der Waals surface area contributed by atoms with Crippen molar-refractivity contribution in [3.05, 3.63) is 59.2 Å². The van der Waals surface area contributed by atoms with Gasteiger partial charge in [-0.1, -0.05) is 25.1 Å². The van der Waals surface area contributed by atoms with Crippen molar-refractivity contribution < 1.29 is 22.7 Å². The third-order valence-corrected chi connectivity index (χ3v) is 5.97. The Balaban J connectivity index is 2.07. The SMILES string of the molecule is CCc1cccc(NC(=O)COC(=O)c2cc(S(=O)(=O)N(C)C)ccc2C)c1. The molecule has 0 heterocycles. The van der Waals surface area contributed by atoms with Crippen LogP contribution in [-0.2, 0) is 26.0 Å². The minimum absolute atomic E-state index is 0.0177. The lowest BCUT2D eigenvalue weighted by Gasteiger charge is -2.13. The summed E-state index contributed by atoms with van der Waals surface area (Å²) in [5, 5.41) is 2.67. The van der Waals surface area contributed by atoms with Crippen LogP contribution in [-0.4, -0.2) is 45.3 Å². The minimum atomic E-state index is -3.68. The Kier molecular flexibility index (Phi) is 6.93. The highest BCUT2D eigenvalue weighted by Gasteiger charge is 2.21. The number of carbonyl (C=O) groups is 2. The number of nitrogens with zero attached hydrogens (tertiary/aromatic N) is 1. The number of anilines is 1. The second-order valence-electron chi connectivity index (χ2n) is 6.44. The van der Waals surface area contributed by atoms with Gasteiger partial charge in [-0.25, -0.2) is 17.5 Å². The zero-order chi connectivity index (χ0) is 20.9. The van der Waals surface area contributed by atoms with E-state index in [9.17, 15) is 18.0 Å². The molecule has 28 heavy (non-hydrogen) atoms. The fourth-order valence-corrected chi connectivity index (χ4v) is 3.40. The van der Waals surface area contributed by atoms with Gasteiger partial charge in [-0.15, -0.1) is 0 Å². The molecule has 2 aromatic rings. The van der Waals surface area contributed by atoms with E-state index in [1.807, 2.05) is 25.1 Å². The largest absolute Gasteiger partial charge is 0.452 e. The fourth-order valence-electron chi connectivity index (χ4n) is 2.47. The summed E-state index contributed by atoms with van der Waals surface area (Å²) >= 11 is 0. The van der Waals surface area contributed by atoms with Gasteiger partial charge < -0.3 is 10.1 Å². The maximum atomic E-state index is 12.4. The molecular weight excluding hydrogens is 380 g/mol. The first-order valence-electron chi connectivity index (χ1n) is 8.74. The number of benzene rings is 2. The van der Waals surface area contributed by atoms with Gasteiger partial charge in [-0.3, -0.25) is 4.79 Å². The van der Waals surface area contributed by atoms with Crippen LogP contribution in [0.5, 0.6) is 0 Å². The average molecular weight is 404 g/mol. The summed E-state index contributed by atoms with van der Waals surface area (Å²) in [4.78, 5) is 24.4. The van der Waals surface area contributed by atoms with E-state index in [-0.39, 0.29) is 10.5 Å². The molecule has 0 saturated heterocycles. The van der Waals surface area contributed by atoms with Crippen molar-refractivity contribution in [2.45, 2.75) is 25.2 Å². The lowest BCUT2D eigenvalue weighted by atomic mass is 10.1. The van der Waals surface area contributed by atoms with Crippen molar-refractivity contribution in [1.29, 1.82) is 0 Å². The molecule has 0 radical (unpaired) electrons. The molecule has 0 aliphatic heterocycles. The standard InChI is InChI=1S/C20H24N2O5S/c1-5-15-7-6-8-16(11-15)21-19(23)13-27-20(24)18-12-17(10-9-14(18)2)28(25,26)22(3)4/h6-12H,5,13H2,1-4H3,(H,21,23). The van der Waals surface area contributed by atoms with E-state index in [0.29, 0.717) is 11.3 Å². The number of ether oxygens (including phenoxy) is 1. The molecule has 150 valence electrons. The van der Waals surface area contributed by atoms with Crippen molar-refractivity contribution in [2.75, 3.05) is 26.0 Å². The number of hydrogen-bond acceptors (Lipinski definition) is 5. The van der Waals surface area contributed by atoms with Gasteiger partial charge >= 0.3 is 5.97 Å². The molecule has 0 bridgehead atoms. The van der Waals surface area contributed by atoms with Gasteiger partial charge in [0.2, 0.25) is 10.0 Å². The molecule has 7 nitrogen and oxygen atoms in total. The van der Waals surface area contributed by atoms with Gasteiger partial charge in [-0.05, 0) is 48.7 Å². The number of rotatable bonds is 7. The van der Waals surface area contributed by atoms with Crippen LogP contribution >= 0.6 is 0 Å². The first-order valence-corrected chi connectivity index (χ1v) is 10.2. The smallest absolute Gasteiger partial charge is 0.338 e. The molecular formula is C20H24N2O5S. The van der Waals surface area contributed by atoms with Crippen molar-refractivity contribution in [2.24, 2.45) is 0 Å². The Hall–Kier alpha value is -2.71. The molecule has 1 amide bonds. The summed E-state index contributed by atoms with van der Waals surface area (Å²) in [7, 11) is -0.866. The molecule has 1 N–H and O–H groups in total. The van der Waals surface area contributed by atoms with Crippen LogP contribution in [0.25, 0.3) is 0 Å². The number of esters is 1. The Bertz CT molecular complexity index is 984. The number of aryl methyl sites for hydroxylation is 2. The zero-order valence-corrected chi connectivity index (χ0v) is 17.2. The predicted molar refractivity (Wildman–Crippen MR) is 107 cm³/mol. The van der Waals surface area contributed by atoms with Gasteiger partial charge in [0, 0.05) is 19.8 Å². The molecule has 0 unspecified atom stereocenters. The summed E-state index contributed by atoms with van der Waals surface area (Å²) in [6.45, 7) is 3.20. The van der Waals surface area contributed by atoms with Crippen LogP contribution in [0.15, 0.2) is 47.4 Å². The molecule has 2 aromatic carbocycles. The molecule has 0 aromatic heterocycles. The quantitative estimate of drug-likeness (QED) is 0.716. The number of sulfonamides is 1. The second-order valence-corrected chi connectivity index (χ2v) is 8.59. The van der Waals surface area contributed by atoms with E-state index in [1.165, 1.54) is 32.3 Å². The molecule has 0 aliphatic rings. The second kappa shape index (κ2) is 8.99. The maximum Gasteiger partial charge on any atom is 0.338 e. The Morgan fingerprint density at radius 2 is 1.82 bits per heavy atom. The third kappa shape index (κ3) is 5.17. The minimum Gasteiger partial charge on any atom is -0.452 e. The van der Waals surface area contributed by atoms with Gasteiger partial charge in [0.25, 0.3) is 5.91 Å². The Morgan fingerprint density at radius 3 is 2.46 bits per heavy atom. The first kappa shape index (κ1) is 21.6. The Labute approximate surface area is 165 Å². The third-order valence-electron chi connectivity index (χ3n) is 4.16. The number of amides is 1. The first-order chi connectivity index (χ1) is 13.1. The molecule has 0 saturated carbocycles. The number of hydrogen-bond donors (Lipinski definition) is 1. The van der Waals surface area contributed by atoms with Crippen LogP contribution in [0.3, 0.4) is 0 Å². The van der Waals surface area contributed by atoms with E-state index in [4.69, 9.17) is 4.74 Å². The van der Waals surface area contributed by atoms with Gasteiger partial charge in [-0.2, -0.15) is 0 Å². The Morgan fingerprint density at radius 1 is 1.11 bits per heavy atom. The molecule has 8 heteroatoms.